The molecular weight excluding hydrogens is 282 g/mol. The summed E-state index contributed by atoms with van der Waals surface area (Å²) in [6.07, 6.45) is 0. The van der Waals surface area contributed by atoms with Crippen molar-refractivity contribution in [2.45, 2.75) is 0 Å². The standard InChI is InChI=1S/C16H13N3O3/c1-22-16(21)11-7-3-4-8-12(11)17-15(20)14-10-6-2-5-9-13(10)18-19-14/h2-9H,1H3,(H,17,20)(H,18,19). The van der Waals surface area contributed by atoms with Gasteiger partial charge in [0.1, 0.15) is 0 Å². The van der Waals surface area contributed by atoms with Crippen LogP contribution < -0.4 is 5.32 Å². The first-order valence-electron chi connectivity index (χ1n) is 6.62. The van der Waals surface area contributed by atoms with E-state index in [0.717, 1.165) is 10.9 Å². The Morgan fingerprint density at radius 2 is 1.82 bits per heavy atom. The van der Waals surface area contributed by atoms with Crippen LogP contribution in [0.1, 0.15) is 20.8 Å². The third-order valence-corrected chi connectivity index (χ3v) is 3.27. The number of nitrogens with one attached hydrogen (secondary N) is 2. The molecule has 0 fully saturated rings. The Hall–Kier alpha value is -3.15. The van der Waals surface area contributed by atoms with E-state index in [0.29, 0.717) is 5.69 Å². The maximum atomic E-state index is 12.4. The van der Waals surface area contributed by atoms with Crippen molar-refractivity contribution in [3.8, 4) is 0 Å². The number of amides is 1. The van der Waals surface area contributed by atoms with Crippen LogP contribution in [0.15, 0.2) is 48.5 Å². The summed E-state index contributed by atoms with van der Waals surface area (Å²) in [4.78, 5) is 24.1. The van der Waals surface area contributed by atoms with E-state index in [1.54, 1.807) is 30.3 Å². The molecule has 0 saturated carbocycles. The number of carbonyl (C=O) groups excluding carboxylic acids is 2. The highest BCUT2D eigenvalue weighted by molar-refractivity contribution is 6.12. The lowest BCUT2D eigenvalue weighted by Gasteiger charge is -2.08. The van der Waals surface area contributed by atoms with Gasteiger partial charge in [-0.1, -0.05) is 30.3 Å². The molecule has 0 aliphatic carbocycles. The first-order chi connectivity index (χ1) is 10.7. The maximum Gasteiger partial charge on any atom is 0.339 e. The fraction of sp³-hybridized carbons (Fsp3) is 0.0625. The lowest BCUT2D eigenvalue weighted by Crippen LogP contribution is -2.16. The van der Waals surface area contributed by atoms with E-state index in [9.17, 15) is 9.59 Å². The average molecular weight is 295 g/mol. The molecule has 22 heavy (non-hydrogen) atoms. The van der Waals surface area contributed by atoms with E-state index in [4.69, 9.17) is 4.74 Å². The van der Waals surface area contributed by atoms with Gasteiger partial charge in [-0.25, -0.2) is 4.79 Å². The number of rotatable bonds is 3. The number of benzene rings is 2. The average Bonchev–Trinajstić information content (AvgIpc) is 2.99. The lowest BCUT2D eigenvalue weighted by molar-refractivity contribution is 0.0602. The Bertz CT molecular complexity index is 854. The van der Waals surface area contributed by atoms with Gasteiger partial charge in [0.2, 0.25) is 0 Å². The quantitative estimate of drug-likeness (QED) is 0.727. The Morgan fingerprint density at radius 1 is 1.09 bits per heavy atom. The van der Waals surface area contributed by atoms with Crippen molar-refractivity contribution in [3.63, 3.8) is 0 Å². The molecule has 0 spiro atoms. The zero-order valence-electron chi connectivity index (χ0n) is 11.8. The number of esters is 1. The molecule has 1 aromatic heterocycles. The number of carbonyl (C=O) groups is 2. The number of hydrogen-bond acceptors (Lipinski definition) is 4. The molecule has 0 atom stereocenters. The Morgan fingerprint density at radius 3 is 2.64 bits per heavy atom. The summed E-state index contributed by atoms with van der Waals surface area (Å²) in [5.74, 6) is -0.906. The number of H-pyrrole nitrogens is 1. The summed E-state index contributed by atoms with van der Waals surface area (Å²) in [6, 6.07) is 14.0. The fourth-order valence-corrected chi connectivity index (χ4v) is 2.20. The summed E-state index contributed by atoms with van der Waals surface area (Å²) in [5.41, 5.74) is 1.72. The highest BCUT2D eigenvalue weighted by Gasteiger charge is 2.17. The highest BCUT2D eigenvalue weighted by Crippen LogP contribution is 2.20. The molecule has 1 heterocycles. The van der Waals surface area contributed by atoms with Crippen molar-refractivity contribution in [2.24, 2.45) is 0 Å². The Kier molecular flexibility index (Phi) is 3.57. The molecule has 1 amide bonds. The molecule has 2 N–H and O–H groups in total. The van der Waals surface area contributed by atoms with Gasteiger partial charge in [0, 0.05) is 5.39 Å². The van der Waals surface area contributed by atoms with Gasteiger partial charge >= 0.3 is 5.97 Å². The number of nitrogens with zero attached hydrogens (tertiary/aromatic N) is 1. The molecule has 6 heteroatoms. The van der Waals surface area contributed by atoms with E-state index >= 15 is 0 Å². The SMILES string of the molecule is COC(=O)c1ccccc1NC(=O)c1n[nH]c2ccccc12. The summed E-state index contributed by atoms with van der Waals surface area (Å²) in [7, 11) is 1.29. The van der Waals surface area contributed by atoms with Crippen LogP contribution in [0.5, 0.6) is 0 Å². The lowest BCUT2D eigenvalue weighted by atomic mass is 10.1. The predicted octanol–water partition coefficient (Wildman–Crippen LogP) is 2.60. The minimum absolute atomic E-state index is 0.273. The molecule has 2 aromatic carbocycles. The summed E-state index contributed by atoms with van der Waals surface area (Å²) in [5, 5.41) is 10.2. The second-order valence-corrected chi connectivity index (χ2v) is 4.61. The van der Waals surface area contributed by atoms with Crippen molar-refractivity contribution in [3.05, 3.63) is 59.8 Å². The molecule has 0 aliphatic heterocycles. The molecule has 6 nitrogen and oxygen atoms in total. The van der Waals surface area contributed by atoms with E-state index in [2.05, 4.69) is 15.5 Å². The van der Waals surface area contributed by atoms with E-state index in [-0.39, 0.29) is 11.3 Å². The van der Waals surface area contributed by atoms with E-state index < -0.39 is 11.9 Å². The summed E-state index contributed by atoms with van der Waals surface area (Å²) < 4.78 is 4.71. The Balaban J connectivity index is 1.94. The molecule has 3 aromatic rings. The molecular formula is C16H13N3O3. The number of anilines is 1. The molecule has 110 valence electrons. The normalized spacial score (nSPS) is 10.4. The van der Waals surface area contributed by atoms with Crippen LogP contribution in [-0.4, -0.2) is 29.2 Å². The summed E-state index contributed by atoms with van der Waals surface area (Å²) in [6.45, 7) is 0. The van der Waals surface area contributed by atoms with Crippen LogP contribution in [-0.2, 0) is 4.74 Å². The predicted molar refractivity (Wildman–Crippen MR) is 81.8 cm³/mol. The van der Waals surface area contributed by atoms with Gasteiger partial charge in [-0.3, -0.25) is 9.89 Å². The zero-order chi connectivity index (χ0) is 15.5. The first-order valence-corrected chi connectivity index (χ1v) is 6.62. The fourth-order valence-electron chi connectivity index (χ4n) is 2.20. The van der Waals surface area contributed by atoms with Crippen molar-refractivity contribution in [1.29, 1.82) is 0 Å². The molecule has 0 radical (unpaired) electrons. The number of aromatic nitrogens is 2. The van der Waals surface area contributed by atoms with Gasteiger partial charge in [0.25, 0.3) is 5.91 Å². The second kappa shape index (κ2) is 5.69. The number of fused-ring (bicyclic) bond motifs is 1. The maximum absolute atomic E-state index is 12.4. The van der Waals surface area contributed by atoms with Gasteiger partial charge < -0.3 is 10.1 Å². The number of para-hydroxylation sites is 2. The minimum atomic E-state index is -0.511. The molecule has 3 rings (SSSR count). The Labute approximate surface area is 126 Å². The number of ether oxygens (including phenoxy) is 1. The van der Waals surface area contributed by atoms with Gasteiger partial charge in [0.15, 0.2) is 5.69 Å². The second-order valence-electron chi connectivity index (χ2n) is 4.61. The van der Waals surface area contributed by atoms with Gasteiger partial charge in [0.05, 0.1) is 23.9 Å². The van der Waals surface area contributed by atoms with Gasteiger partial charge in [-0.15, -0.1) is 0 Å². The highest BCUT2D eigenvalue weighted by atomic mass is 16.5. The summed E-state index contributed by atoms with van der Waals surface area (Å²) >= 11 is 0. The van der Waals surface area contributed by atoms with E-state index in [1.807, 2.05) is 18.2 Å². The third kappa shape index (κ3) is 2.42. The van der Waals surface area contributed by atoms with Crippen LogP contribution in [0.4, 0.5) is 5.69 Å². The number of methoxy groups -OCH3 is 1. The van der Waals surface area contributed by atoms with Crippen LogP contribution in [0.2, 0.25) is 0 Å². The zero-order valence-corrected chi connectivity index (χ0v) is 11.8. The first kappa shape index (κ1) is 13.8. The third-order valence-electron chi connectivity index (χ3n) is 3.27. The van der Waals surface area contributed by atoms with E-state index in [1.165, 1.54) is 7.11 Å². The topological polar surface area (TPSA) is 84.1 Å². The van der Waals surface area contributed by atoms with Crippen LogP contribution in [0, 0.1) is 0 Å². The number of aromatic amines is 1. The molecule has 0 unspecified atom stereocenters. The largest absolute Gasteiger partial charge is 0.465 e. The van der Waals surface area contributed by atoms with Crippen molar-refractivity contribution in [2.75, 3.05) is 12.4 Å². The minimum Gasteiger partial charge on any atom is -0.465 e. The van der Waals surface area contributed by atoms with Crippen LogP contribution in [0.25, 0.3) is 10.9 Å². The van der Waals surface area contributed by atoms with Crippen LogP contribution in [0.3, 0.4) is 0 Å². The number of hydrogen-bond donors (Lipinski definition) is 2. The van der Waals surface area contributed by atoms with Gasteiger partial charge in [-0.2, -0.15) is 5.10 Å². The van der Waals surface area contributed by atoms with Crippen molar-refractivity contribution < 1.29 is 14.3 Å². The molecule has 0 aliphatic rings. The smallest absolute Gasteiger partial charge is 0.339 e. The monoisotopic (exact) mass is 295 g/mol. The van der Waals surface area contributed by atoms with Crippen molar-refractivity contribution >= 4 is 28.5 Å². The van der Waals surface area contributed by atoms with Gasteiger partial charge in [-0.05, 0) is 18.2 Å². The molecule has 0 saturated heterocycles. The van der Waals surface area contributed by atoms with Crippen molar-refractivity contribution in [1.82, 2.24) is 10.2 Å². The molecule has 0 bridgehead atoms. The van der Waals surface area contributed by atoms with Crippen LogP contribution >= 0.6 is 0 Å².